The van der Waals surface area contributed by atoms with E-state index >= 15 is 0 Å². The predicted octanol–water partition coefficient (Wildman–Crippen LogP) is 1.16. The molecule has 1 N–H and O–H groups in total. The largest absolute Gasteiger partial charge is 0.486 e. The smallest absolute Gasteiger partial charge is 0.234 e. The van der Waals surface area contributed by atoms with Crippen molar-refractivity contribution >= 4 is 5.91 Å². The Hall–Kier alpha value is -2.64. The Balaban J connectivity index is 1.15. The maximum absolute atomic E-state index is 12.3. The maximum atomic E-state index is 12.3. The third-order valence-corrected chi connectivity index (χ3v) is 5.04. The Morgan fingerprint density at radius 3 is 2.57 bits per heavy atom. The second-order valence-corrected chi connectivity index (χ2v) is 7.18. The molecule has 1 saturated heterocycles. The van der Waals surface area contributed by atoms with Crippen LogP contribution in [0.3, 0.4) is 0 Å². The summed E-state index contributed by atoms with van der Waals surface area (Å²) in [6.45, 7) is 5.84. The van der Waals surface area contributed by atoms with E-state index in [-0.39, 0.29) is 12.0 Å². The molecule has 1 aromatic heterocycles. The number of carbonyl (C=O) groups excluding carboxylic acids is 1. The lowest BCUT2D eigenvalue weighted by Crippen LogP contribution is -2.50. The number of piperazine rings is 1. The molecule has 0 aliphatic carbocycles. The van der Waals surface area contributed by atoms with Crippen LogP contribution in [-0.2, 0) is 11.3 Å². The molecular weight excluding hydrogens is 356 g/mol. The molecular formula is C21H26N4O3. The van der Waals surface area contributed by atoms with Gasteiger partial charge in [0.25, 0.3) is 0 Å². The van der Waals surface area contributed by atoms with Crippen LogP contribution >= 0.6 is 0 Å². The summed E-state index contributed by atoms with van der Waals surface area (Å²) < 4.78 is 11.6. The molecule has 1 fully saturated rings. The number of pyridine rings is 1. The first-order valence-electron chi connectivity index (χ1n) is 9.76. The molecule has 7 heteroatoms. The number of rotatable bonds is 6. The minimum atomic E-state index is -0.158. The molecule has 1 amide bonds. The monoisotopic (exact) mass is 382 g/mol. The molecule has 7 nitrogen and oxygen atoms in total. The van der Waals surface area contributed by atoms with Gasteiger partial charge in [-0.2, -0.15) is 0 Å². The van der Waals surface area contributed by atoms with E-state index in [1.165, 1.54) is 0 Å². The number of hydrogen-bond acceptors (Lipinski definition) is 6. The molecule has 1 aromatic carbocycles. The second kappa shape index (κ2) is 9.03. The van der Waals surface area contributed by atoms with Crippen molar-refractivity contribution in [2.75, 3.05) is 45.9 Å². The van der Waals surface area contributed by atoms with Gasteiger partial charge in [0.1, 0.15) is 12.7 Å². The van der Waals surface area contributed by atoms with Crippen LogP contribution in [0, 0.1) is 0 Å². The maximum Gasteiger partial charge on any atom is 0.234 e. The van der Waals surface area contributed by atoms with Crippen molar-refractivity contribution < 1.29 is 14.3 Å². The first-order chi connectivity index (χ1) is 13.8. The highest BCUT2D eigenvalue weighted by Crippen LogP contribution is 2.30. The summed E-state index contributed by atoms with van der Waals surface area (Å²) >= 11 is 0. The van der Waals surface area contributed by atoms with E-state index in [4.69, 9.17) is 9.47 Å². The molecule has 0 bridgehead atoms. The van der Waals surface area contributed by atoms with Gasteiger partial charge in [0.05, 0.1) is 18.8 Å². The van der Waals surface area contributed by atoms with Gasteiger partial charge < -0.3 is 14.8 Å². The molecule has 148 valence electrons. The average molecular weight is 382 g/mol. The van der Waals surface area contributed by atoms with E-state index in [1.807, 2.05) is 42.6 Å². The SMILES string of the molecule is O=C(CN1CCN(Cc2ccccn2)CC1)NCC1COc2ccccc2O1. The lowest BCUT2D eigenvalue weighted by atomic mass is 10.2. The van der Waals surface area contributed by atoms with Crippen molar-refractivity contribution in [2.45, 2.75) is 12.6 Å². The quantitative estimate of drug-likeness (QED) is 0.809. The van der Waals surface area contributed by atoms with Crippen LogP contribution in [0.5, 0.6) is 11.5 Å². The third kappa shape index (κ3) is 4.99. The topological polar surface area (TPSA) is 66.9 Å². The molecule has 0 radical (unpaired) electrons. The van der Waals surface area contributed by atoms with Gasteiger partial charge in [-0.05, 0) is 24.3 Å². The van der Waals surface area contributed by atoms with Gasteiger partial charge >= 0.3 is 0 Å². The van der Waals surface area contributed by atoms with Gasteiger partial charge in [0.15, 0.2) is 11.5 Å². The number of hydrogen-bond donors (Lipinski definition) is 1. The Kier molecular flexibility index (Phi) is 6.04. The normalized spacial score (nSPS) is 19.9. The van der Waals surface area contributed by atoms with E-state index in [1.54, 1.807) is 0 Å². The predicted molar refractivity (Wildman–Crippen MR) is 105 cm³/mol. The Morgan fingerprint density at radius 2 is 1.79 bits per heavy atom. The van der Waals surface area contributed by atoms with E-state index in [0.29, 0.717) is 19.7 Å². The lowest BCUT2D eigenvalue weighted by molar-refractivity contribution is -0.123. The first-order valence-corrected chi connectivity index (χ1v) is 9.76. The number of aromatic nitrogens is 1. The standard InChI is InChI=1S/C21H26N4O3/c26-21(23-13-18-16-27-19-6-1-2-7-20(19)28-18)15-25-11-9-24(10-12-25)14-17-5-3-4-8-22-17/h1-8,18H,9-16H2,(H,23,26). The highest BCUT2D eigenvalue weighted by molar-refractivity contribution is 5.78. The number of carbonyl (C=O) groups is 1. The van der Waals surface area contributed by atoms with Crippen molar-refractivity contribution in [3.8, 4) is 11.5 Å². The molecule has 0 spiro atoms. The van der Waals surface area contributed by atoms with Crippen molar-refractivity contribution in [3.05, 3.63) is 54.4 Å². The number of nitrogens with zero attached hydrogens (tertiary/aromatic N) is 3. The van der Waals surface area contributed by atoms with Crippen LogP contribution in [0.4, 0.5) is 0 Å². The van der Waals surface area contributed by atoms with Crippen LogP contribution in [0.25, 0.3) is 0 Å². The van der Waals surface area contributed by atoms with Crippen molar-refractivity contribution in [1.29, 1.82) is 0 Å². The van der Waals surface area contributed by atoms with Crippen LogP contribution in [0.15, 0.2) is 48.7 Å². The van der Waals surface area contributed by atoms with Gasteiger partial charge in [-0.25, -0.2) is 0 Å². The van der Waals surface area contributed by atoms with E-state index in [9.17, 15) is 4.79 Å². The van der Waals surface area contributed by atoms with Gasteiger partial charge in [0.2, 0.25) is 5.91 Å². The Bertz CT molecular complexity index is 778. The van der Waals surface area contributed by atoms with Gasteiger partial charge in [-0.1, -0.05) is 18.2 Å². The number of fused-ring (bicyclic) bond motifs is 1. The van der Waals surface area contributed by atoms with Crippen LogP contribution in [0.2, 0.25) is 0 Å². The molecule has 2 aromatic rings. The fourth-order valence-corrected chi connectivity index (χ4v) is 3.48. The van der Waals surface area contributed by atoms with E-state index in [0.717, 1.165) is 49.9 Å². The van der Waals surface area contributed by atoms with Crippen LogP contribution in [0.1, 0.15) is 5.69 Å². The number of amides is 1. The summed E-state index contributed by atoms with van der Waals surface area (Å²) in [5, 5.41) is 2.97. The molecule has 2 aliphatic rings. The molecule has 0 saturated carbocycles. The molecule has 4 rings (SSSR count). The lowest BCUT2D eigenvalue weighted by Gasteiger charge is -2.34. The van der Waals surface area contributed by atoms with Crippen LogP contribution in [-0.4, -0.2) is 72.7 Å². The summed E-state index contributed by atoms with van der Waals surface area (Å²) in [7, 11) is 0. The zero-order valence-corrected chi connectivity index (χ0v) is 15.9. The highest BCUT2D eigenvalue weighted by atomic mass is 16.6. The Labute approximate surface area is 165 Å². The molecule has 1 atom stereocenters. The summed E-state index contributed by atoms with van der Waals surface area (Å²) in [5.74, 6) is 1.52. The fourth-order valence-electron chi connectivity index (χ4n) is 3.48. The molecule has 2 aliphatic heterocycles. The summed E-state index contributed by atoms with van der Waals surface area (Å²) in [5.41, 5.74) is 1.09. The molecule has 3 heterocycles. The summed E-state index contributed by atoms with van der Waals surface area (Å²) in [4.78, 5) is 21.2. The van der Waals surface area contributed by atoms with Gasteiger partial charge in [-0.3, -0.25) is 19.6 Å². The number of para-hydroxylation sites is 2. The number of ether oxygens (including phenoxy) is 2. The molecule has 1 unspecified atom stereocenters. The van der Waals surface area contributed by atoms with Crippen molar-refractivity contribution in [3.63, 3.8) is 0 Å². The number of benzene rings is 1. The number of nitrogens with one attached hydrogen (secondary N) is 1. The Morgan fingerprint density at radius 1 is 1.04 bits per heavy atom. The minimum Gasteiger partial charge on any atom is -0.486 e. The van der Waals surface area contributed by atoms with E-state index < -0.39 is 0 Å². The van der Waals surface area contributed by atoms with Crippen molar-refractivity contribution in [2.24, 2.45) is 0 Å². The zero-order chi connectivity index (χ0) is 19.2. The van der Waals surface area contributed by atoms with Gasteiger partial charge in [0, 0.05) is 38.9 Å². The minimum absolute atomic E-state index is 0.0284. The first kappa shape index (κ1) is 18.7. The highest BCUT2D eigenvalue weighted by Gasteiger charge is 2.23. The van der Waals surface area contributed by atoms with Crippen LogP contribution < -0.4 is 14.8 Å². The summed E-state index contributed by atoms with van der Waals surface area (Å²) in [6, 6.07) is 13.6. The zero-order valence-electron chi connectivity index (χ0n) is 15.9. The fraction of sp³-hybridized carbons (Fsp3) is 0.429. The van der Waals surface area contributed by atoms with E-state index in [2.05, 4.69) is 26.2 Å². The van der Waals surface area contributed by atoms with Gasteiger partial charge in [-0.15, -0.1) is 0 Å². The average Bonchev–Trinajstić information content (AvgIpc) is 2.74. The van der Waals surface area contributed by atoms with Crippen molar-refractivity contribution in [1.82, 2.24) is 20.1 Å². The third-order valence-electron chi connectivity index (χ3n) is 5.04. The molecule has 28 heavy (non-hydrogen) atoms. The second-order valence-electron chi connectivity index (χ2n) is 7.18. The summed E-state index contributed by atoms with van der Waals surface area (Å²) in [6.07, 6.45) is 1.67.